The van der Waals surface area contributed by atoms with Crippen LogP contribution in [-0.2, 0) is 6.54 Å². The van der Waals surface area contributed by atoms with Crippen LogP contribution in [0.3, 0.4) is 0 Å². The summed E-state index contributed by atoms with van der Waals surface area (Å²) in [6, 6.07) is 7.96. The number of carbonyl (C=O) groups excluding carboxylic acids is 1. The summed E-state index contributed by atoms with van der Waals surface area (Å²) in [5.41, 5.74) is 7.61. The molecule has 110 valence electrons. The molecular formula is C14H21IN4O. The number of nitrogens with two attached hydrogens (primary N) is 1. The number of hydrogen-bond donors (Lipinski definition) is 2. The van der Waals surface area contributed by atoms with Crippen LogP contribution in [0.4, 0.5) is 0 Å². The molecule has 0 bridgehead atoms. The van der Waals surface area contributed by atoms with Gasteiger partial charge in [0.2, 0.25) is 0 Å². The standard InChI is InChI=1S/C14H20N4O.HI/c1-16-13(19)11-5-3-10(4-6-11)9-17-14(15)18(2)12-7-8-12;/h3-6,12H,7-9H2,1-2H3,(H2,15,17)(H,16,19);1H. The van der Waals surface area contributed by atoms with E-state index in [1.165, 1.54) is 12.8 Å². The number of nitrogens with one attached hydrogen (secondary N) is 1. The van der Waals surface area contributed by atoms with Crippen molar-refractivity contribution in [1.29, 1.82) is 0 Å². The van der Waals surface area contributed by atoms with Crippen molar-refractivity contribution in [2.75, 3.05) is 14.1 Å². The molecule has 1 aliphatic carbocycles. The fourth-order valence-corrected chi connectivity index (χ4v) is 1.84. The summed E-state index contributed by atoms with van der Waals surface area (Å²) in [6.45, 7) is 0.539. The van der Waals surface area contributed by atoms with E-state index in [2.05, 4.69) is 10.3 Å². The fourth-order valence-electron chi connectivity index (χ4n) is 1.84. The van der Waals surface area contributed by atoms with Crippen molar-refractivity contribution in [2.45, 2.75) is 25.4 Å². The molecule has 20 heavy (non-hydrogen) atoms. The average Bonchev–Trinajstić information content (AvgIpc) is 3.28. The zero-order valence-corrected chi connectivity index (χ0v) is 14.1. The second kappa shape index (κ2) is 7.47. The van der Waals surface area contributed by atoms with Gasteiger partial charge in [0, 0.05) is 25.7 Å². The predicted molar refractivity (Wildman–Crippen MR) is 91.4 cm³/mol. The summed E-state index contributed by atoms with van der Waals surface area (Å²) < 4.78 is 0. The van der Waals surface area contributed by atoms with Crippen molar-refractivity contribution in [2.24, 2.45) is 10.7 Å². The predicted octanol–water partition coefficient (Wildman–Crippen LogP) is 1.57. The molecule has 0 saturated heterocycles. The Morgan fingerprint density at radius 3 is 2.50 bits per heavy atom. The largest absolute Gasteiger partial charge is 0.370 e. The molecule has 5 nitrogen and oxygen atoms in total. The van der Waals surface area contributed by atoms with Gasteiger partial charge in [-0.1, -0.05) is 12.1 Å². The van der Waals surface area contributed by atoms with Gasteiger partial charge in [-0.2, -0.15) is 0 Å². The summed E-state index contributed by atoms with van der Waals surface area (Å²) in [4.78, 5) is 17.8. The van der Waals surface area contributed by atoms with E-state index in [9.17, 15) is 4.79 Å². The minimum absolute atomic E-state index is 0. The zero-order chi connectivity index (χ0) is 13.8. The second-order valence-electron chi connectivity index (χ2n) is 4.79. The molecule has 0 radical (unpaired) electrons. The summed E-state index contributed by atoms with van der Waals surface area (Å²) in [5.74, 6) is 0.501. The van der Waals surface area contributed by atoms with Crippen LogP contribution in [0, 0.1) is 0 Å². The second-order valence-corrected chi connectivity index (χ2v) is 4.79. The molecule has 1 aromatic rings. The molecule has 0 spiro atoms. The minimum Gasteiger partial charge on any atom is -0.370 e. The van der Waals surface area contributed by atoms with E-state index in [4.69, 9.17) is 5.73 Å². The number of hydrogen-bond acceptors (Lipinski definition) is 2. The monoisotopic (exact) mass is 388 g/mol. The third-order valence-corrected chi connectivity index (χ3v) is 3.32. The maximum absolute atomic E-state index is 11.4. The zero-order valence-electron chi connectivity index (χ0n) is 11.8. The van der Waals surface area contributed by atoms with E-state index in [1.54, 1.807) is 19.2 Å². The lowest BCUT2D eigenvalue weighted by atomic mass is 10.1. The van der Waals surface area contributed by atoms with Crippen LogP contribution in [0.1, 0.15) is 28.8 Å². The molecule has 1 aliphatic rings. The van der Waals surface area contributed by atoms with Gasteiger partial charge >= 0.3 is 0 Å². The molecular weight excluding hydrogens is 367 g/mol. The Hall–Kier alpha value is -1.31. The van der Waals surface area contributed by atoms with Crippen LogP contribution in [0.2, 0.25) is 0 Å². The lowest BCUT2D eigenvalue weighted by molar-refractivity contribution is 0.0963. The van der Waals surface area contributed by atoms with Crippen LogP contribution in [0.15, 0.2) is 29.3 Å². The van der Waals surface area contributed by atoms with Crippen molar-refractivity contribution in [3.63, 3.8) is 0 Å². The first-order valence-electron chi connectivity index (χ1n) is 6.45. The first kappa shape index (κ1) is 16.7. The molecule has 0 atom stereocenters. The van der Waals surface area contributed by atoms with Gasteiger partial charge in [0.25, 0.3) is 5.91 Å². The van der Waals surface area contributed by atoms with Crippen molar-refractivity contribution in [3.05, 3.63) is 35.4 Å². The van der Waals surface area contributed by atoms with E-state index in [0.29, 0.717) is 24.1 Å². The third kappa shape index (κ3) is 4.36. The van der Waals surface area contributed by atoms with E-state index >= 15 is 0 Å². The molecule has 1 fully saturated rings. The first-order valence-corrected chi connectivity index (χ1v) is 6.45. The highest BCUT2D eigenvalue weighted by Gasteiger charge is 2.27. The Kier molecular flexibility index (Phi) is 6.25. The highest BCUT2D eigenvalue weighted by atomic mass is 127. The van der Waals surface area contributed by atoms with Gasteiger partial charge in [0.1, 0.15) is 0 Å². The number of guanidine groups is 1. The lowest BCUT2D eigenvalue weighted by Gasteiger charge is -2.16. The minimum atomic E-state index is -0.0805. The molecule has 1 aromatic carbocycles. The third-order valence-electron chi connectivity index (χ3n) is 3.32. The maximum atomic E-state index is 11.4. The Labute approximate surface area is 136 Å². The summed E-state index contributed by atoms with van der Waals surface area (Å²) in [6.07, 6.45) is 2.40. The molecule has 0 aromatic heterocycles. The topological polar surface area (TPSA) is 70.7 Å². The lowest BCUT2D eigenvalue weighted by Crippen LogP contribution is -2.35. The quantitative estimate of drug-likeness (QED) is 0.468. The summed E-state index contributed by atoms with van der Waals surface area (Å²) in [7, 11) is 3.60. The molecule has 0 heterocycles. The van der Waals surface area contributed by atoms with Gasteiger partial charge in [0.15, 0.2) is 5.96 Å². The van der Waals surface area contributed by atoms with Gasteiger partial charge in [0.05, 0.1) is 6.54 Å². The fraction of sp³-hybridized carbons (Fsp3) is 0.429. The van der Waals surface area contributed by atoms with Gasteiger partial charge < -0.3 is 16.0 Å². The van der Waals surface area contributed by atoms with E-state index < -0.39 is 0 Å². The number of halogens is 1. The number of amides is 1. The van der Waals surface area contributed by atoms with Crippen molar-refractivity contribution in [3.8, 4) is 0 Å². The molecule has 3 N–H and O–H groups in total. The SMILES string of the molecule is CNC(=O)c1ccc(CN=C(N)N(C)C2CC2)cc1.I. The van der Waals surface area contributed by atoms with Crippen LogP contribution in [-0.4, -0.2) is 36.9 Å². The highest BCUT2D eigenvalue weighted by Crippen LogP contribution is 2.24. The van der Waals surface area contributed by atoms with Gasteiger partial charge in [-0.15, -0.1) is 24.0 Å². The number of nitrogens with zero attached hydrogens (tertiary/aromatic N) is 2. The normalized spacial score (nSPS) is 14.4. The number of carbonyl (C=O) groups is 1. The molecule has 0 aliphatic heterocycles. The number of rotatable bonds is 4. The summed E-state index contributed by atoms with van der Waals surface area (Å²) >= 11 is 0. The van der Waals surface area contributed by atoms with Crippen molar-refractivity contribution < 1.29 is 4.79 Å². The van der Waals surface area contributed by atoms with Crippen molar-refractivity contribution in [1.82, 2.24) is 10.2 Å². The van der Waals surface area contributed by atoms with E-state index in [-0.39, 0.29) is 29.9 Å². The Morgan fingerprint density at radius 1 is 1.40 bits per heavy atom. The van der Waals surface area contributed by atoms with Gasteiger partial charge in [-0.3, -0.25) is 4.79 Å². The molecule has 0 unspecified atom stereocenters. The molecule has 6 heteroatoms. The van der Waals surface area contributed by atoms with Gasteiger partial charge in [-0.25, -0.2) is 4.99 Å². The summed E-state index contributed by atoms with van der Waals surface area (Å²) in [5, 5.41) is 2.59. The molecule has 2 rings (SSSR count). The smallest absolute Gasteiger partial charge is 0.251 e. The van der Waals surface area contributed by atoms with E-state index in [0.717, 1.165) is 5.56 Å². The first-order chi connectivity index (χ1) is 9.11. The number of benzene rings is 1. The van der Waals surface area contributed by atoms with Crippen LogP contribution < -0.4 is 11.1 Å². The van der Waals surface area contributed by atoms with Crippen LogP contribution in [0.25, 0.3) is 0 Å². The molecule has 1 saturated carbocycles. The molecule has 1 amide bonds. The number of aliphatic imine (C=N–C) groups is 1. The highest BCUT2D eigenvalue weighted by molar-refractivity contribution is 14.0. The Balaban J connectivity index is 0.00000200. The van der Waals surface area contributed by atoms with Gasteiger partial charge in [-0.05, 0) is 30.5 Å². The van der Waals surface area contributed by atoms with Crippen molar-refractivity contribution >= 4 is 35.8 Å². The Bertz CT molecular complexity index is 482. The average molecular weight is 388 g/mol. The van der Waals surface area contributed by atoms with Crippen LogP contribution >= 0.6 is 24.0 Å². The van der Waals surface area contributed by atoms with E-state index in [1.807, 2.05) is 24.1 Å². The Morgan fingerprint density at radius 2 is 2.00 bits per heavy atom. The maximum Gasteiger partial charge on any atom is 0.251 e. The van der Waals surface area contributed by atoms with Crippen LogP contribution in [0.5, 0.6) is 0 Å².